The maximum absolute atomic E-state index is 12.8. The van der Waals surface area contributed by atoms with E-state index in [1.54, 1.807) is 36.1 Å². The van der Waals surface area contributed by atoms with E-state index in [1.807, 2.05) is 0 Å². The summed E-state index contributed by atoms with van der Waals surface area (Å²) in [7, 11) is 0. The van der Waals surface area contributed by atoms with Crippen LogP contribution in [0.1, 0.15) is 47.9 Å². The number of imide groups is 1. The molecule has 0 spiro atoms. The van der Waals surface area contributed by atoms with Crippen LogP contribution in [0.2, 0.25) is 0 Å². The third kappa shape index (κ3) is 2.64. The predicted octanol–water partition coefficient (Wildman–Crippen LogP) is 2.18. The lowest BCUT2D eigenvalue weighted by molar-refractivity contribution is -0.137. The molecule has 0 radical (unpaired) electrons. The molecule has 2 heterocycles. The molecule has 0 N–H and O–H groups in total. The van der Waals surface area contributed by atoms with Crippen molar-refractivity contribution in [1.29, 1.82) is 0 Å². The number of rotatable bonds is 2. The van der Waals surface area contributed by atoms with Gasteiger partial charge in [0.05, 0.1) is 11.1 Å². The number of nitrogens with zero attached hydrogens (tertiary/aromatic N) is 2. The molecule has 1 fully saturated rings. The molecule has 3 unspecified atom stereocenters. The Bertz CT molecular complexity index is 625. The van der Waals surface area contributed by atoms with Crippen molar-refractivity contribution in [3.8, 4) is 0 Å². The zero-order valence-corrected chi connectivity index (χ0v) is 13.8. The van der Waals surface area contributed by atoms with Crippen LogP contribution in [0.15, 0.2) is 24.3 Å². The van der Waals surface area contributed by atoms with E-state index in [9.17, 15) is 14.4 Å². The van der Waals surface area contributed by atoms with Crippen molar-refractivity contribution in [1.82, 2.24) is 9.80 Å². The summed E-state index contributed by atoms with van der Waals surface area (Å²) in [4.78, 5) is 40.7. The second kappa shape index (κ2) is 5.80. The number of hydrogen-bond acceptors (Lipinski definition) is 3. The zero-order chi connectivity index (χ0) is 16.7. The minimum atomic E-state index is -0.764. The fourth-order valence-electron chi connectivity index (χ4n) is 3.78. The molecule has 1 saturated heterocycles. The minimum absolute atomic E-state index is 0.141. The number of hydrogen-bond donors (Lipinski definition) is 0. The summed E-state index contributed by atoms with van der Waals surface area (Å²) in [6, 6.07) is 5.97. The molecule has 0 aliphatic carbocycles. The molecule has 2 aliphatic rings. The number of carbonyl (C=O) groups excluding carboxylic acids is 3. The van der Waals surface area contributed by atoms with Crippen LogP contribution in [0.25, 0.3) is 0 Å². The molecule has 3 amide bonds. The van der Waals surface area contributed by atoms with Gasteiger partial charge in [0.2, 0.25) is 5.91 Å². The molecule has 1 aromatic rings. The van der Waals surface area contributed by atoms with E-state index in [0.29, 0.717) is 36.1 Å². The maximum Gasteiger partial charge on any atom is 0.262 e. The van der Waals surface area contributed by atoms with Gasteiger partial charge in [0.1, 0.15) is 6.04 Å². The molecule has 2 aliphatic heterocycles. The lowest BCUT2D eigenvalue weighted by atomic mass is 9.91. The van der Waals surface area contributed by atoms with Crippen molar-refractivity contribution in [2.45, 2.75) is 33.2 Å². The summed E-state index contributed by atoms with van der Waals surface area (Å²) >= 11 is 0. The highest BCUT2D eigenvalue weighted by molar-refractivity contribution is 6.22. The van der Waals surface area contributed by atoms with Gasteiger partial charge in [-0.25, -0.2) is 0 Å². The molecular weight excluding hydrogens is 292 g/mol. The topological polar surface area (TPSA) is 57.7 Å². The first kappa shape index (κ1) is 15.7. The van der Waals surface area contributed by atoms with E-state index < -0.39 is 6.04 Å². The van der Waals surface area contributed by atoms with Crippen LogP contribution in [0.5, 0.6) is 0 Å². The number of amides is 3. The summed E-state index contributed by atoms with van der Waals surface area (Å²) in [5, 5.41) is 0. The Morgan fingerprint density at radius 3 is 2.00 bits per heavy atom. The van der Waals surface area contributed by atoms with Gasteiger partial charge in [0, 0.05) is 13.1 Å². The fraction of sp³-hybridized carbons (Fsp3) is 0.500. The highest BCUT2D eigenvalue weighted by Gasteiger charge is 2.42. The summed E-state index contributed by atoms with van der Waals surface area (Å²) in [6.45, 7) is 7.28. The molecule has 1 aromatic carbocycles. The molecule has 0 bridgehead atoms. The van der Waals surface area contributed by atoms with Gasteiger partial charge in [0.15, 0.2) is 0 Å². The van der Waals surface area contributed by atoms with Crippen molar-refractivity contribution in [2.75, 3.05) is 13.1 Å². The second-order valence-corrected chi connectivity index (χ2v) is 6.89. The Labute approximate surface area is 136 Å². The van der Waals surface area contributed by atoms with Crippen molar-refractivity contribution < 1.29 is 14.4 Å². The van der Waals surface area contributed by atoms with Gasteiger partial charge in [-0.2, -0.15) is 0 Å². The van der Waals surface area contributed by atoms with E-state index in [0.717, 1.165) is 11.3 Å². The molecule has 3 rings (SSSR count). The van der Waals surface area contributed by atoms with Gasteiger partial charge in [-0.15, -0.1) is 0 Å². The number of piperidine rings is 1. The normalized spacial score (nSPS) is 25.5. The number of benzene rings is 1. The van der Waals surface area contributed by atoms with E-state index in [-0.39, 0.29) is 17.7 Å². The zero-order valence-electron chi connectivity index (χ0n) is 13.8. The highest BCUT2D eigenvalue weighted by Crippen LogP contribution is 2.27. The first-order valence-corrected chi connectivity index (χ1v) is 8.15. The van der Waals surface area contributed by atoms with E-state index >= 15 is 0 Å². The molecule has 5 nitrogen and oxygen atoms in total. The average Bonchev–Trinajstić information content (AvgIpc) is 2.77. The van der Waals surface area contributed by atoms with E-state index in [2.05, 4.69) is 13.8 Å². The highest BCUT2D eigenvalue weighted by atomic mass is 16.2. The van der Waals surface area contributed by atoms with Crippen LogP contribution in [-0.2, 0) is 4.79 Å². The van der Waals surface area contributed by atoms with Gasteiger partial charge in [-0.3, -0.25) is 19.3 Å². The van der Waals surface area contributed by atoms with Gasteiger partial charge < -0.3 is 4.90 Å². The summed E-state index contributed by atoms with van der Waals surface area (Å²) in [5.74, 6) is 0.00109. The SMILES string of the molecule is CC1CC(C)CN(C(=O)C(C)N2C(=O)c3ccccc3C2=O)C1. The smallest absolute Gasteiger partial charge is 0.262 e. The average molecular weight is 314 g/mol. The predicted molar refractivity (Wildman–Crippen MR) is 85.9 cm³/mol. The largest absolute Gasteiger partial charge is 0.340 e. The van der Waals surface area contributed by atoms with E-state index in [4.69, 9.17) is 0 Å². The Morgan fingerprint density at radius 1 is 1.04 bits per heavy atom. The molecule has 3 atom stereocenters. The van der Waals surface area contributed by atoms with Crippen LogP contribution in [0, 0.1) is 11.8 Å². The second-order valence-electron chi connectivity index (χ2n) is 6.89. The number of carbonyl (C=O) groups is 3. The minimum Gasteiger partial charge on any atom is -0.340 e. The summed E-state index contributed by atoms with van der Waals surface area (Å²) < 4.78 is 0. The quantitative estimate of drug-likeness (QED) is 0.786. The van der Waals surface area contributed by atoms with Gasteiger partial charge >= 0.3 is 0 Å². The van der Waals surface area contributed by atoms with Gasteiger partial charge in [0.25, 0.3) is 11.8 Å². The molecule has 0 aromatic heterocycles. The number of fused-ring (bicyclic) bond motifs is 1. The lowest BCUT2D eigenvalue weighted by Gasteiger charge is -2.37. The third-order valence-corrected chi connectivity index (χ3v) is 4.75. The van der Waals surface area contributed by atoms with Gasteiger partial charge in [-0.05, 0) is 37.3 Å². The Hall–Kier alpha value is -2.17. The van der Waals surface area contributed by atoms with Crippen LogP contribution in [0.3, 0.4) is 0 Å². The maximum atomic E-state index is 12.8. The molecule has 5 heteroatoms. The molecule has 23 heavy (non-hydrogen) atoms. The molecule has 122 valence electrons. The van der Waals surface area contributed by atoms with Gasteiger partial charge in [-0.1, -0.05) is 26.0 Å². The first-order chi connectivity index (χ1) is 10.9. The summed E-state index contributed by atoms with van der Waals surface area (Å²) in [5.41, 5.74) is 0.773. The van der Waals surface area contributed by atoms with E-state index in [1.165, 1.54) is 0 Å². The van der Waals surface area contributed by atoms with Crippen LogP contribution in [-0.4, -0.2) is 46.7 Å². The van der Waals surface area contributed by atoms with Crippen LogP contribution >= 0.6 is 0 Å². The monoisotopic (exact) mass is 314 g/mol. The molecule has 0 saturated carbocycles. The van der Waals surface area contributed by atoms with Crippen LogP contribution in [0.4, 0.5) is 0 Å². The summed E-state index contributed by atoms with van der Waals surface area (Å²) in [6.07, 6.45) is 1.10. The Balaban J connectivity index is 1.81. The molecular formula is C18H22N2O3. The van der Waals surface area contributed by atoms with Crippen LogP contribution < -0.4 is 0 Å². The van der Waals surface area contributed by atoms with Crippen molar-refractivity contribution in [3.63, 3.8) is 0 Å². The fourth-order valence-corrected chi connectivity index (χ4v) is 3.78. The van der Waals surface area contributed by atoms with Crippen molar-refractivity contribution >= 4 is 17.7 Å². The number of likely N-dealkylation sites (tertiary alicyclic amines) is 1. The Kier molecular flexibility index (Phi) is 3.96. The lowest BCUT2D eigenvalue weighted by Crippen LogP contribution is -2.52. The standard InChI is InChI=1S/C18H22N2O3/c1-11-8-12(2)10-19(9-11)16(21)13(3)20-17(22)14-6-4-5-7-15(14)18(20)23/h4-7,11-13H,8-10H2,1-3H3. The third-order valence-electron chi connectivity index (χ3n) is 4.75. The Morgan fingerprint density at radius 2 is 1.52 bits per heavy atom. The van der Waals surface area contributed by atoms with Crippen molar-refractivity contribution in [2.24, 2.45) is 11.8 Å². The first-order valence-electron chi connectivity index (χ1n) is 8.15. The van der Waals surface area contributed by atoms with Crippen molar-refractivity contribution in [3.05, 3.63) is 35.4 Å².